The van der Waals surface area contributed by atoms with Crippen LogP contribution in [0.15, 0.2) is 0 Å². The van der Waals surface area contributed by atoms with Crippen molar-refractivity contribution in [3.63, 3.8) is 0 Å². The van der Waals surface area contributed by atoms with E-state index in [9.17, 15) is 0 Å². The van der Waals surface area contributed by atoms with Crippen molar-refractivity contribution in [3.8, 4) is 36.0 Å². The van der Waals surface area contributed by atoms with Crippen LogP contribution in [0.5, 0.6) is 0 Å². The highest BCUT2D eigenvalue weighted by Gasteiger charge is 1.45. The van der Waals surface area contributed by atoms with Crippen LogP contribution in [0.3, 0.4) is 0 Å². The smallest absolute Gasteiger partial charge is 0 e. The van der Waals surface area contributed by atoms with Crippen LogP contribution in [0, 0.1) is 36.0 Å². The van der Waals surface area contributed by atoms with Crippen molar-refractivity contribution in [1.82, 2.24) is 0 Å². The molecule has 0 spiro atoms. The van der Waals surface area contributed by atoms with E-state index in [1.54, 1.807) is 6.92 Å². The van der Waals surface area contributed by atoms with Crippen LogP contribution in [0.2, 0.25) is 0 Å². The molecule has 0 aliphatic carbocycles. The van der Waals surface area contributed by atoms with E-state index >= 15 is 0 Å². The second-order valence-corrected chi connectivity index (χ2v) is 0.769. The fraction of sp³-hybridized carbons (Fsp3) is 0.143. The maximum atomic E-state index is 4.78. The molecule has 0 aromatic rings. The van der Waals surface area contributed by atoms with Gasteiger partial charge < -0.3 is 0 Å². The highest BCUT2D eigenvalue weighted by atomic mass is 13.5. The van der Waals surface area contributed by atoms with Crippen molar-refractivity contribution in [2.45, 2.75) is 6.92 Å². The van der Waals surface area contributed by atoms with E-state index in [1.807, 2.05) is 0 Å². The summed E-state index contributed by atoms with van der Waals surface area (Å²) in [4.78, 5) is 0. The lowest BCUT2D eigenvalue weighted by Crippen LogP contribution is -1.46. The molecule has 0 atom stereocenters. The zero-order chi connectivity index (χ0) is 5.54. The van der Waals surface area contributed by atoms with Gasteiger partial charge in [0.05, 0.1) is 0 Å². The molecule has 0 radical (unpaired) electrons. The Labute approximate surface area is 52.8 Å². The molecule has 0 aliphatic rings. The summed E-state index contributed by atoms with van der Waals surface area (Å²) in [5.74, 6) is 12.0. The van der Waals surface area contributed by atoms with E-state index in [0.717, 1.165) is 0 Å². The number of rotatable bonds is 0. The van der Waals surface area contributed by atoms with Crippen molar-refractivity contribution >= 4 is 0 Å². The molecule has 7 heavy (non-hydrogen) atoms. The van der Waals surface area contributed by atoms with Crippen molar-refractivity contribution in [3.05, 3.63) is 0 Å². The van der Waals surface area contributed by atoms with Gasteiger partial charge in [0, 0.05) is 8.56 Å². The van der Waals surface area contributed by atoms with Gasteiger partial charge in [-0.1, -0.05) is 5.92 Å². The predicted molar refractivity (Wildman–Crippen MR) is 42.7 cm³/mol. The molecule has 44 valence electrons. The average Bonchev–Trinajstić information content (AvgIpc) is 1.69. The first kappa shape index (κ1) is 5.68. The fourth-order valence-electron chi connectivity index (χ4n) is 0.130. The minimum atomic E-state index is 0. The molecule has 0 heterocycles. The Balaban J connectivity index is -0.0000000120. The summed E-state index contributed by atoms with van der Waals surface area (Å²) in [6, 6.07) is 0. The van der Waals surface area contributed by atoms with Crippen molar-refractivity contribution < 1.29 is 8.56 Å². The van der Waals surface area contributed by atoms with Crippen LogP contribution >= 0.6 is 0 Å². The number of hydrogen-bond donors (Lipinski definition) is 0. The van der Waals surface area contributed by atoms with E-state index in [-0.39, 0.29) is 8.56 Å². The summed E-state index contributed by atoms with van der Waals surface area (Å²) in [5.41, 5.74) is 0. The van der Waals surface area contributed by atoms with E-state index in [2.05, 4.69) is 29.6 Å². The third kappa shape index (κ3) is 4.68. The molecule has 0 rings (SSSR count). The summed E-state index contributed by atoms with van der Waals surface area (Å²) in [6.07, 6.45) is 4.78. The first-order valence-corrected chi connectivity index (χ1v) is 1.79. The Morgan fingerprint density at radius 2 is 2.00 bits per heavy atom. The minimum Gasteiger partial charge on any atom is -0.106 e. The molecule has 0 bridgehead atoms. The SMILES string of the molecule is C#CC#CC#CC.[HH].[HH].[HH].[HH].[HH].[HH]. The van der Waals surface area contributed by atoms with Gasteiger partial charge in [-0.3, -0.25) is 0 Å². The van der Waals surface area contributed by atoms with Crippen molar-refractivity contribution in [2.75, 3.05) is 0 Å². The fourth-order valence-corrected chi connectivity index (χ4v) is 0.130. The van der Waals surface area contributed by atoms with Gasteiger partial charge in [0.1, 0.15) is 0 Å². The first-order chi connectivity index (χ1) is 3.41. The quantitative estimate of drug-likeness (QED) is 0.409. The highest BCUT2D eigenvalue weighted by molar-refractivity contribution is 5.33. The van der Waals surface area contributed by atoms with Crippen LogP contribution in [-0.4, -0.2) is 0 Å². The lowest BCUT2D eigenvalue weighted by Gasteiger charge is -1.49. The van der Waals surface area contributed by atoms with Gasteiger partial charge >= 0.3 is 0 Å². The first-order valence-electron chi connectivity index (χ1n) is 1.79. The van der Waals surface area contributed by atoms with Crippen molar-refractivity contribution in [1.29, 1.82) is 0 Å². The van der Waals surface area contributed by atoms with E-state index in [0.29, 0.717) is 0 Å². The van der Waals surface area contributed by atoms with E-state index in [1.165, 1.54) is 0 Å². The molecule has 0 amide bonds. The third-order valence-corrected chi connectivity index (χ3v) is 0.322. The largest absolute Gasteiger partial charge is 0.106 e. The van der Waals surface area contributed by atoms with E-state index < -0.39 is 0 Å². The summed E-state index contributed by atoms with van der Waals surface area (Å²) < 4.78 is 0. The summed E-state index contributed by atoms with van der Waals surface area (Å²) in [7, 11) is 0. The summed E-state index contributed by atoms with van der Waals surface area (Å²) >= 11 is 0. The molecule has 0 nitrogen and oxygen atoms in total. The predicted octanol–water partition coefficient (Wildman–Crippen LogP) is 2.12. The van der Waals surface area contributed by atoms with E-state index in [4.69, 9.17) is 6.42 Å². The molecule has 0 unspecified atom stereocenters. The van der Waals surface area contributed by atoms with Crippen LogP contribution in [0.1, 0.15) is 15.5 Å². The Kier molecular flexibility index (Phi) is 3.80. The molecular weight excluding hydrogens is 84.1 g/mol. The van der Waals surface area contributed by atoms with Crippen LogP contribution in [0.4, 0.5) is 0 Å². The van der Waals surface area contributed by atoms with Gasteiger partial charge in [-0.25, -0.2) is 0 Å². The summed E-state index contributed by atoms with van der Waals surface area (Å²) in [6.45, 7) is 1.71. The summed E-state index contributed by atoms with van der Waals surface area (Å²) in [5, 5.41) is 0. The lowest BCUT2D eigenvalue weighted by atomic mass is 10.5. The van der Waals surface area contributed by atoms with Gasteiger partial charge in [0.2, 0.25) is 0 Å². The zero-order valence-electron chi connectivity index (χ0n) is 4.08. The number of terminal acetylenes is 1. The van der Waals surface area contributed by atoms with Gasteiger partial charge in [-0.2, -0.15) is 0 Å². The second-order valence-electron chi connectivity index (χ2n) is 0.769. The minimum absolute atomic E-state index is 0. The highest BCUT2D eigenvalue weighted by Crippen LogP contribution is 1.48. The average molecular weight is 100 g/mol. The third-order valence-electron chi connectivity index (χ3n) is 0.322. The molecule has 0 saturated carbocycles. The lowest BCUT2D eigenvalue weighted by molar-refractivity contribution is 1.92. The van der Waals surface area contributed by atoms with Crippen LogP contribution in [0.25, 0.3) is 0 Å². The van der Waals surface area contributed by atoms with Gasteiger partial charge in [0.15, 0.2) is 0 Å². The Morgan fingerprint density at radius 3 is 2.43 bits per heavy atom. The monoisotopic (exact) mass is 100 g/mol. The van der Waals surface area contributed by atoms with Crippen LogP contribution in [-0.2, 0) is 0 Å². The molecular formula is C7H16. The maximum absolute atomic E-state index is 4.78. The second kappa shape index (κ2) is 4.68. The number of hydrogen-bond acceptors (Lipinski definition) is 0. The molecule has 0 aromatic carbocycles. The molecule has 0 N–H and O–H groups in total. The molecule has 0 fully saturated rings. The zero-order valence-corrected chi connectivity index (χ0v) is 4.08. The molecule has 0 saturated heterocycles. The van der Waals surface area contributed by atoms with Crippen LogP contribution < -0.4 is 0 Å². The molecule has 0 aliphatic heterocycles. The molecule has 0 heteroatoms. The maximum Gasteiger partial charge on any atom is 0 e. The normalized spacial score (nSPS) is 3.43. The topological polar surface area (TPSA) is 0 Å². The van der Waals surface area contributed by atoms with Gasteiger partial charge in [-0.15, -0.1) is 6.42 Å². The Hall–Kier alpha value is -1.32. The Bertz CT molecular complexity index is 195. The van der Waals surface area contributed by atoms with Crippen molar-refractivity contribution in [2.24, 2.45) is 0 Å². The molecule has 0 aromatic heterocycles. The Morgan fingerprint density at radius 1 is 1.29 bits per heavy atom. The standard InChI is InChI=1S/C7H4.6H2/c1-3-5-7-6-4-2;;;;;;/h1H,2H3;6*1H. The van der Waals surface area contributed by atoms with Gasteiger partial charge in [-0.05, 0) is 30.6 Å². The van der Waals surface area contributed by atoms with Gasteiger partial charge in [0.25, 0.3) is 0 Å².